The Morgan fingerprint density at radius 3 is 2.50 bits per heavy atom. The molecule has 1 atom stereocenters. The lowest BCUT2D eigenvalue weighted by atomic mass is 10.3. The summed E-state index contributed by atoms with van der Waals surface area (Å²) in [6.07, 6.45) is 0.851. The lowest BCUT2D eigenvalue weighted by molar-refractivity contribution is -0.115. The van der Waals surface area contributed by atoms with Crippen LogP contribution in [0.15, 0.2) is 30.3 Å². The van der Waals surface area contributed by atoms with Crippen molar-refractivity contribution in [2.45, 2.75) is 26.3 Å². The van der Waals surface area contributed by atoms with Gasteiger partial charge in [-0.2, -0.15) is 0 Å². The SMILES string of the molecule is CCC(C)NC(=O)NCC(=O)Nc1ccccc1. The zero-order valence-electron chi connectivity index (χ0n) is 10.7. The standard InChI is InChI=1S/C13H19N3O2/c1-3-10(2)15-13(18)14-9-12(17)16-11-7-5-4-6-8-11/h4-8,10H,3,9H2,1-2H3,(H,16,17)(H2,14,15,18). The number of hydrogen-bond acceptors (Lipinski definition) is 2. The summed E-state index contributed by atoms with van der Waals surface area (Å²) in [5.41, 5.74) is 0.714. The Balaban J connectivity index is 2.27. The van der Waals surface area contributed by atoms with Crippen LogP contribution in [0.5, 0.6) is 0 Å². The predicted molar refractivity (Wildman–Crippen MR) is 71.4 cm³/mol. The van der Waals surface area contributed by atoms with Crippen LogP contribution in [0, 0.1) is 0 Å². The summed E-state index contributed by atoms with van der Waals surface area (Å²) in [5.74, 6) is -0.250. The Bertz CT molecular complexity index is 392. The van der Waals surface area contributed by atoms with E-state index in [1.807, 2.05) is 32.0 Å². The molecule has 0 bridgehead atoms. The van der Waals surface area contributed by atoms with E-state index in [2.05, 4.69) is 16.0 Å². The second kappa shape index (κ2) is 7.32. The average Bonchev–Trinajstić information content (AvgIpc) is 2.37. The molecule has 0 saturated carbocycles. The minimum Gasteiger partial charge on any atom is -0.336 e. The molecule has 3 N–H and O–H groups in total. The molecule has 3 amide bonds. The molecular weight excluding hydrogens is 230 g/mol. The summed E-state index contributed by atoms with van der Waals surface area (Å²) in [4.78, 5) is 22.9. The van der Waals surface area contributed by atoms with Crippen molar-refractivity contribution < 1.29 is 9.59 Å². The van der Waals surface area contributed by atoms with E-state index < -0.39 is 0 Å². The lowest BCUT2D eigenvalue weighted by Gasteiger charge is -2.12. The number of carbonyl (C=O) groups excluding carboxylic acids is 2. The zero-order valence-corrected chi connectivity index (χ0v) is 10.7. The smallest absolute Gasteiger partial charge is 0.315 e. The summed E-state index contributed by atoms with van der Waals surface area (Å²) in [5, 5.41) is 7.91. The Morgan fingerprint density at radius 1 is 1.22 bits per heavy atom. The average molecular weight is 249 g/mol. The molecule has 1 unspecified atom stereocenters. The third kappa shape index (κ3) is 5.34. The molecule has 0 aliphatic carbocycles. The third-order valence-corrected chi connectivity index (χ3v) is 2.46. The van der Waals surface area contributed by atoms with Crippen molar-refractivity contribution in [2.24, 2.45) is 0 Å². The molecule has 5 heteroatoms. The van der Waals surface area contributed by atoms with Gasteiger partial charge in [-0.25, -0.2) is 4.79 Å². The maximum Gasteiger partial charge on any atom is 0.315 e. The summed E-state index contributed by atoms with van der Waals surface area (Å²) < 4.78 is 0. The van der Waals surface area contributed by atoms with E-state index in [1.54, 1.807) is 12.1 Å². The largest absolute Gasteiger partial charge is 0.336 e. The number of rotatable bonds is 5. The van der Waals surface area contributed by atoms with Crippen LogP contribution in [0.1, 0.15) is 20.3 Å². The Morgan fingerprint density at radius 2 is 1.89 bits per heavy atom. The first kappa shape index (κ1) is 14.0. The Hall–Kier alpha value is -2.04. The molecule has 1 rings (SSSR count). The van der Waals surface area contributed by atoms with Gasteiger partial charge in [0.2, 0.25) is 5.91 Å². The van der Waals surface area contributed by atoms with Crippen molar-refractivity contribution in [3.05, 3.63) is 30.3 Å². The molecule has 0 fully saturated rings. The maximum atomic E-state index is 11.5. The van der Waals surface area contributed by atoms with Gasteiger partial charge in [-0.1, -0.05) is 25.1 Å². The molecule has 98 valence electrons. The molecule has 0 saturated heterocycles. The van der Waals surface area contributed by atoms with E-state index in [0.29, 0.717) is 5.69 Å². The highest BCUT2D eigenvalue weighted by Gasteiger charge is 2.07. The number of para-hydroxylation sites is 1. The summed E-state index contributed by atoms with van der Waals surface area (Å²) in [7, 11) is 0. The maximum absolute atomic E-state index is 11.5. The van der Waals surface area contributed by atoms with Crippen molar-refractivity contribution in [1.29, 1.82) is 0 Å². The van der Waals surface area contributed by atoms with Gasteiger partial charge in [-0.05, 0) is 25.5 Å². The van der Waals surface area contributed by atoms with Crippen molar-refractivity contribution >= 4 is 17.6 Å². The predicted octanol–water partition coefficient (Wildman–Crippen LogP) is 1.72. The molecule has 0 aliphatic heterocycles. The van der Waals surface area contributed by atoms with Gasteiger partial charge in [0.1, 0.15) is 0 Å². The van der Waals surface area contributed by atoms with E-state index in [0.717, 1.165) is 6.42 Å². The van der Waals surface area contributed by atoms with Gasteiger partial charge in [0.05, 0.1) is 6.54 Å². The van der Waals surface area contributed by atoms with Crippen LogP contribution in [-0.4, -0.2) is 24.5 Å². The van der Waals surface area contributed by atoms with Crippen molar-refractivity contribution in [2.75, 3.05) is 11.9 Å². The van der Waals surface area contributed by atoms with Gasteiger partial charge in [0, 0.05) is 11.7 Å². The number of hydrogen-bond donors (Lipinski definition) is 3. The fraction of sp³-hybridized carbons (Fsp3) is 0.385. The highest BCUT2D eigenvalue weighted by molar-refractivity contribution is 5.94. The number of nitrogens with one attached hydrogen (secondary N) is 3. The van der Waals surface area contributed by atoms with Gasteiger partial charge in [0.15, 0.2) is 0 Å². The summed E-state index contributed by atoms with van der Waals surface area (Å²) in [6, 6.07) is 8.88. The molecule has 18 heavy (non-hydrogen) atoms. The van der Waals surface area contributed by atoms with Crippen LogP contribution in [0.2, 0.25) is 0 Å². The topological polar surface area (TPSA) is 70.2 Å². The van der Waals surface area contributed by atoms with Crippen LogP contribution >= 0.6 is 0 Å². The molecule has 1 aromatic carbocycles. The van der Waals surface area contributed by atoms with Gasteiger partial charge in [-0.15, -0.1) is 0 Å². The summed E-state index contributed by atoms with van der Waals surface area (Å²) in [6.45, 7) is 3.84. The fourth-order valence-corrected chi connectivity index (χ4v) is 1.26. The first-order valence-corrected chi connectivity index (χ1v) is 6.01. The second-order valence-electron chi connectivity index (χ2n) is 4.05. The van der Waals surface area contributed by atoms with Gasteiger partial charge >= 0.3 is 6.03 Å². The molecular formula is C13H19N3O2. The zero-order chi connectivity index (χ0) is 13.4. The Labute approximate surface area is 107 Å². The van der Waals surface area contributed by atoms with Crippen LogP contribution in [0.25, 0.3) is 0 Å². The van der Waals surface area contributed by atoms with Crippen molar-refractivity contribution in [3.8, 4) is 0 Å². The van der Waals surface area contributed by atoms with Crippen LogP contribution in [-0.2, 0) is 4.79 Å². The molecule has 5 nitrogen and oxygen atoms in total. The Kier molecular flexibility index (Phi) is 5.70. The van der Waals surface area contributed by atoms with Crippen molar-refractivity contribution in [3.63, 3.8) is 0 Å². The first-order chi connectivity index (χ1) is 8.61. The van der Waals surface area contributed by atoms with E-state index in [1.165, 1.54) is 0 Å². The van der Waals surface area contributed by atoms with Crippen molar-refractivity contribution in [1.82, 2.24) is 10.6 Å². The quantitative estimate of drug-likeness (QED) is 0.743. The number of urea groups is 1. The fourth-order valence-electron chi connectivity index (χ4n) is 1.26. The van der Waals surface area contributed by atoms with Gasteiger partial charge in [0.25, 0.3) is 0 Å². The molecule has 1 aromatic rings. The highest BCUT2D eigenvalue weighted by Crippen LogP contribution is 2.03. The van der Waals surface area contributed by atoms with E-state index in [9.17, 15) is 9.59 Å². The first-order valence-electron chi connectivity index (χ1n) is 6.01. The molecule has 0 aliphatic rings. The normalized spacial score (nSPS) is 11.4. The number of anilines is 1. The van der Waals surface area contributed by atoms with Crippen LogP contribution in [0.3, 0.4) is 0 Å². The summed E-state index contributed by atoms with van der Waals surface area (Å²) >= 11 is 0. The second-order valence-corrected chi connectivity index (χ2v) is 4.05. The lowest BCUT2D eigenvalue weighted by Crippen LogP contribution is -2.43. The van der Waals surface area contributed by atoms with Crippen LogP contribution < -0.4 is 16.0 Å². The monoisotopic (exact) mass is 249 g/mol. The van der Waals surface area contributed by atoms with Gasteiger partial charge < -0.3 is 16.0 Å². The molecule has 0 heterocycles. The van der Waals surface area contributed by atoms with E-state index in [-0.39, 0.29) is 24.5 Å². The third-order valence-electron chi connectivity index (χ3n) is 2.46. The number of amides is 3. The number of benzene rings is 1. The molecule has 0 radical (unpaired) electrons. The molecule has 0 aromatic heterocycles. The van der Waals surface area contributed by atoms with Gasteiger partial charge in [-0.3, -0.25) is 4.79 Å². The van der Waals surface area contributed by atoms with E-state index in [4.69, 9.17) is 0 Å². The van der Waals surface area contributed by atoms with E-state index >= 15 is 0 Å². The van der Waals surface area contributed by atoms with Crippen LogP contribution in [0.4, 0.5) is 10.5 Å². The highest BCUT2D eigenvalue weighted by atomic mass is 16.2. The number of carbonyl (C=O) groups is 2. The molecule has 0 spiro atoms. The minimum absolute atomic E-state index is 0.0445. The minimum atomic E-state index is -0.326.